The zero-order valence-electron chi connectivity index (χ0n) is 11.1. The molecule has 0 aromatic heterocycles. The molecule has 0 amide bonds. The first-order chi connectivity index (χ1) is 9.08. The number of carboxylic acid groups (broad SMARTS) is 1. The van der Waals surface area contributed by atoms with Gasteiger partial charge in [-0.05, 0) is 18.7 Å². The molecule has 1 heterocycles. The molecule has 5 heteroatoms. The van der Waals surface area contributed by atoms with Gasteiger partial charge in [-0.2, -0.15) is 0 Å². The van der Waals surface area contributed by atoms with Crippen molar-refractivity contribution in [3.05, 3.63) is 35.6 Å². The van der Waals surface area contributed by atoms with Gasteiger partial charge in [0.05, 0.1) is 0 Å². The number of carboxylic acids is 1. The standard InChI is InChI=1S/C14H19FN2O2/c1-16-6-8-17(9-7-16)13(14(18)19)10-11-4-2-3-5-12(11)15/h2-5,13H,6-10H2,1H3,(H,18,19)/t13-/m1/s1. The topological polar surface area (TPSA) is 43.8 Å². The van der Waals surface area contributed by atoms with Crippen LogP contribution in [0.3, 0.4) is 0 Å². The lowest BCUT2D eigenvalue weighted by molar-refractivity contribution is -0.144. The summed E-state index contributed by atoms with van der Waals surface area (Å²) in [4.78, 5) is 15.5. The zero-order valence-corrected chi connectivity index (χ0v) is 11.1. The Labute approximate surface area is 112 Å². The highest BCUT2D eigenvalue weighted by atomic mass is 19.1. The van der Waals surface area contributed by atoms with Gasteiger partial charge in [-0.25, -0.2) is 4.39 Å². The van der Waals surface area contributed by atoms with Crippen molar-refractivity contribution in [1.29, 1.82) is 0 Å². The van der Waals surface area contributed by atoms with Crippen LogP contribution < -0.4 is 0 Å². The Kier molecular flexibility index (Phi) is 4.50. The maximum atomic E-state index is 13.6. The van der Waals surface area contributed by atoms with Crippen molar-refractivity contribution >= 4 is 5.97 Å². The third kappa shape index (κ3) is 3.52. The molecule has 0 spiro atoms. The number of rotatable bonds is 4. The lowest BCUT2D eigenvalue weighted by Crippen LogP contribution is -2.52. The molecule has 4 nitrogen and oxygen atoms in total. The van der Waals surface area contributed by atoms with E-state index in [0.29, 0.717) is 18.7 Å². The Morgan fingerprint density at radius 2 is 1.95 bits per heavy atom. The van der Waals surface area contributed by atoms with Crippen LogP contribution in [0.25, 0.3) is 0 Å². The number of carbonyl (C=O) groups is 1. The van der Waals surface area contributed by atoms with E-state index in [4.69, 9.17) is 0 Å². The normalized spacial score (nSPS) is 19.3. The summed E-state index contributed by atoms with van der Waals surface area (Å²) in [5, 5.41) is 9.37. The first-order valence-electron chi connectivity index (χ1n) is 6.46. The van der Waals surface area contributed by atoms with E-state index in [1.807, 2.05) is 11.9 Å². The molecule has 1 aliphatic heterocycles. The molecule has 1 aromatic carbocycles. The van der Waals surface area contributed by atoms with Crippen molar-refractivity contribution in [2.45, 2.75) is 12.5 Å². The van der Waals surface area contributed by atoms with Crippen molar-refractivity contribution < 1.29 is 14.3 Å². The molecular formula is C14H19FN2O2. The molecule has 0 bridgehead atoms. The molecule has 0 unspecified atom stereocenters. The first-order valence-corrected chi connectivity index (χ1v) is 6.46. The van der Waals surface area contributed by atoms with Gasteiger partial charge in [0.25, 0.3) is 0 Å². The summed E-state index contributed by atoms with van der Waals surface area (Å²) >= 11 is 0. The summed E-state index contributed by atoms with van der Waals surface area (Å²) in [5.41, 5.74) is 0.467. The maximum absolute atomic E-state index is 13.6. The zero-order chi connectivity index (χ0) is 13.8. The highest BCUT2D eigenvalue weighted by Gasteiger charge is 2.28. The fourth-order valence-corrected chi connectivity index (χ4v) is 2.38. The Balaban J connectivity index is 2.09. The van der Waals surface area contributed by atoms with Crippen LogP contribution in [0.1, 0.15) is 5.56 Å². The van der Waals surface area contributed by atoms with Gasteiger partial charge < -0.3 is 10.0 Å². The second kappa shape index (κ2) is 6.12. The van der Waals surface area contributed by atoms with Crippen LogP contribution in [0, 0.1) is 5.82 Å². The largest absolute Gasteiger partial charge is 0.480 e. The van der Waals surface area contributed by atoms with Gasteiger partial charge in [0, 0.05) is 32.6 Å². The van der Waals surface area contributed by atoms with Crippen LogP contribution in [0.2, 0.25) is 0 Å². The SMILES string of the molecule is CN1CCN([C@H](Cc2ccccc2F)C(=O)O)CC1. The summed E-state index contributed by atoms with van der Waals surface area (Å²) < 4.78 is 13.6. The van der Waals surface area contributed by atoms with Crippen LogP contribution in [0.4, 0.5) is 4.39 Å². The number of piperazine rings is 1. The van der Waals surface area contributed by atoms with Crippen LogP contribution in [0.5, 0.6) is 0 Å². The molecule has 19 heavy (non-hydrogen) atoms. The summed E-state index contributed by atoms with van der Waals surface area (Å²) in [6.45, 7) is 3.12. The Morgan fingerprint density at radius 1 is 1.32 bits per heavy atom. The molecule has 1 N–H and O–H groups in total. The molecule has 104 valence electrons. The first kappa shape index (κ1) is 14.0. The maximum Gasteiger partial charge on any atom is 0.321 e. The highest BCUT2D eigenvalue weighted by molar-refractivity contribution is 5.74. The van der Waals surface area contributed by atoms with Gasteiger partial charge in [0.1, 0.15) is 11.9 Å². The van der Waals surface area contributed by atoms with Crippen molar-refractivity contribution in [3.63, 3.8) is 0 Å². The van der Waals surface area contributed by atoms with E-state index in [1.165, 1.54) is 6.07 Å². The fraction of sp³-hybridized carbons (Fsp3) is 0.500. The number of nitrogens with zero attached hydrogens (tertiary/aromatic N) is 2. The fourth-order valence-electron chi connectivity index (χ4n) is 2.38. The van der Waals surface area contributed by atoms with Gasteiger partial charge in [0.15, 0.2) is 0 Å². The third-order valence-corrected chi connectivity index (χ3v) is 3.63. The number of likely N-dealkylation sites (N-methyl/N-ethyl adjacent to an activating group) is 1. The van der Waals surface area contributed by atoms with E-state index < -0.39 is 12.0 Å². The van der Waals surface area contributed by atoms with Gasteiger partial charge in [-0.15, -0.1) is 0 Å². The number of aliphatic carboxylic acids is 1. The number of hydrogen-bond donors (Lipinski definition) is 1. The van der Waals surface area contributed by atoms with Crippen LogP contribution in [-0.2, 0) is 11.2 Å². The molecule has 1 aromatic rings. The molecule has 1 aliphatic rings. The molecule has 2 rings (SSSR count). The lowest BCUT2D eigenvalue weighted by atomic mass is 10.0. The van der Waals surface area contributed by atoms with E-state index >= 15 is 0 Å². The quantitative estimate of drug-likeness (QED) is 0.885. The van der Waals surface area contributed by atoms with Gasteiger partial charge in [-0.3, -0.25) is 9.69 Å². The van der Waals surface area contributed by atoms with Crippen molar-refractivity contribution in [3.8, 4) is 0 Å². The monoisotopic (exact) mass is 266 g/mol. The molecule has 0 aliphatic carbocycles. The predicted octanol–water partition coefficient (Wildman–Crippen LogP) is 1.07. The predicted molar refractivity (Wildman–Crippen MR) is 70.6 cm³/mol. The van der Waals surface area contributed by atoms with Crippen LogP contribution in [-0.4, -0.2) is 60.1 Å². The number of halogens is 1. The summed E-state index contributed by atoms with van der Waals surface area (Å²) in [6.07, 6.45) is 0.214. The second-order valence-electron chi connectivity index (χ2n) is 4.99. The van der Waals surface area contributed by atoms with Gasteiger partial charge >= 0.3 is 5.97 Å². The van der Waals surface area contributed by atoms with Gasteiger partial charge in [-0.1, -0.05) is 18.2 Å². The molecule has 0 radical (unpaired) electrons. The van der Waals surface area contributed by atoms with E-state index in [9.17, 15) is 14.3 Å². The minimum atomic E-state index is -0.882. The Morgan fingerprint density at radius 3 is 2.53 bits per heavy atom. The van der Waals surface area contributed by atoms with Crippen LogP contribution >= 0.6 is 0 Å². The molecule has 1 atom stereocenters. The van der Waals surface area contributed by atoms with E-state index in [-0.39, 0.29) is 12.2 Å². The average molecular weight is 266 g/mol. The van der Waals surface area contributed by atoms with E-state index in [1.54, 1.807) is 18.2 Å². The number of benzene rings is 1. The second-order valence-corrected chi connectivity index (χ2v) is 4.99. The highest BCUT2D eigenvalue weighted by Crippen LogP contribution is 2.14. The molecule has 0 saturated carbocycles. The van der Waals surface area contributed by atoms with Crippen molar-refractivity contribution in [2.24, 2.45) is 0 Å². The van der Waals surface area contributed by atoms with Crippen molar-refractivity contribution in [1.82, 2.24) is 9.80 Å². The van der Waals surface area contributed by atoms with Crippen LogP contribution in [0.15, 0.2) is 24.3 Å². The minimum absolute atomic E-state index is 0.214. The van der Waals surface area contributed by atoms with Crippen molar-refractivity contribution in [2.75, 3.05) is 33.2 Å². The average Bonchev–Trinajstić information content (AvgIpc) is 2.39. The molecular weight excluding hydrogens is 247 g/mol. The number of hydrogen-bond acceptors (Lipinski definition) is 3. The minimum Gasteiger partial charge on any atom is -0.480 e. The summed E-state index contributed by atoms with van der Waals surface area (Å²) in [6, 6.07) is 5.73. The Hall–Kier alpha value is -1.46. The van der Waals surface area contributed by atoms with E-state index in [0.717, 1.165) is 13.1 Å². The van der Waals surface area contributed by atoms with Gasteiger partial charge in [0.2, 0.25) is 0 Å². The smallest absolute Gasteiger partial charge is 0.321 e. The lowest BCUT2D eigenvalue weighted by Gasteiger charge is -2.36. The summed E-state index contributed by atoms with van der Waals surface area (Å²) in [5.74, 6) is -1.21. The molecule has 1 fully saturated rings. The third-order valence-electron chi connectivity index (χ3n) is 3.63. The summed E-state index contributed by atoms with van der Waals surface area (Å²) in [7, 11) is 2.02. The Bertz CT molecular complexity index is 445. The van der Waals surface area contributed by atoms with E-state index in [2.05, 4.69) is 4.90 Å². The molecule has 1 saturated heterocycles.